The second-order valence-electron chi connectivity index (χ2n) is 4.86. The minimum atomic E-state index is -0.130. The van der Waals surface area contributed by atoms with Crippen LogP contribution in [0.3, 0.4) is 0 Å². The number of aromatic nitrogens is 1. The lowest BCUT2D eigenvalue weighted by atomic mass is 10.1. The van der Waals surface area contributed by atoms with E-state index in [-0.39, 0.29) is 6.04 Å². The molecule has 0 radical (unpaired) electrons. The maximum atomic E-state index is 6.21. The molecule has 2 aromatic heterocycles. The van der Waals surface area contributed by atoms with Gasteiger partial charge < -0.3 is 10.2 Å². The fraction of sp³-hybridized carbons (Fsp3) is 0.188. The molecule has 3 aromatic rings. The summed E-state index contributed by atoms with van der Waals surface area (Å²) in [6.45, 7) is 2.07. The Morgan fingerprint density at radius 3 is 2.74 bits per heavy atom. The van der Waals surface area contributed by atoms with Gasteiger partial charge in [-0.2, -0.15) is 0 Å². The van der Waals surface area contributed by atoms with Crippen molar-refractivity contribution in [2.45, 2.75) is 19.4 Å². The van der Waals surface area contributed by atoms with Crippen molar-refractivity contribution in [1.29, 1.82) is 0 Å². The van der Waals surface area contributed by atoms with Crippen molar-refractivity contribution in [3.05, 3.63) is 65.7 Å². The van der Waals surface area contributed by atoms with Gasteiger partial charge >= 0.3 is 0 Å². The molecule has 0 spiro atoms. The summed E-state index contributed by atoms with van der Waals surface area (Å²) in [7, 11) is 0. The van der Waals surface area contributed by atoms with Crippen molar-refractivity contribution in [3.8, 4) is 0 Å². The second kappa shape index (κ2) is 4.86. The van der Waals surface area contributed by atoms with Crippen molar-refractivity contribution >= 4 is 11.0 Å². The van der Waals surface area contributed by atoms with Crippen LogP contribution in [-0.4, -0.2) is 4.98 Å². The molecule has 0 saturated carbocycles. The number of nitrogens with zero attached hydrogens (tertiary/aromatic N) is 1. The Bertz CT molecular complexity index is 688. The highest BCUT2D eigenvalue weighted by atomic mass is 16.3. The van der Waals surface area contributed by atoms with Gasteiger partial charge in [0.05, 0.1) is 6.04 Å². The molecule has 2 heterocycles. The van der Waals surface area contributed by atoms with Crippen LogP contribution in [0, 0.1) is 6.92 Å². The van der Waals surface area contributed by atoms with Crippen LogP contribution < -0.4 is 5.73 Å². The smallest absolute Gasteiger partial charge is 0.134 e. The van der Waals surface area contributed by atoms with Gasteiger partial charge in [-0.25, -0.2) is 0 Å². The number of hydrogen-bond donors (Lipinski definition) is 1. The highest BCUT2D eigenvalue weighted by molar-refractivity contribution is 5.78. The molecular formula is C16H16N2O. The third kappa shape index (κ3) is 2.51. The SMILES string of the molecule is Cc1ccc2oc(C(N)Cc3ccncc3)cc2c1. The van der Waals surface area contributed by atoms with Gasteiger partial charge in [0.25, 0.3) is 0 Å². The number of fused-ring (bicyclic) bond motifs is 1. The highest BCUT2D eigenvalue weighted by Crippen LogP contribution is 2.25. The number of rotatable bonds is 3. The molecule has 3 heteroatoms. The normalized spacial score (nSPS) is 12.7. The zero-order valence-electron chi connectivity index (χ0n) is 10.8. The van der Waals surface area contributed by atoms with Crippen molar-refractivity contribution in [1.82, 2.24) is 4.98 Å². The topological polar surface area (TPSA) is 52.0 Å². The Balaban J connectivity index is 1.87. The van der Waals surface area contributed by atoms with E-state index in [2.05, 4.69) is 18.0 Å². The largest absolute Gasteiger partial charge is 0.459 e. The van der Waals surface area contributed by atoms with Crippen molar-refractivity contribution in [3.63, 3.8) is 0 Å². The lowest BCUT2D eigenvalue weighted by Crippen LogP contribution is -2.12. The van der Waals surface area contributed by atoms with E-state index in [0.717, 1.165) is 23.2 Å². The van der Waals surface area contributed by atoms with Gasteiger partial charge in [0.2, 0.25) is 0 Å². The van der Waals surface area contributed by atoms with Crippen LogP contribution in [-0.2, 0) is 6.42 Å². The standard InChI is InChI=1S/C16H16N2O/c1-11-2-3-15-13(8-11)10-16(19-15)14(17)9-12-4-6-18-7-5-12/h2-8,10,14H,9,17H2,1H3. The van der Waals surface area contributed by atoms with E-state index in [4.69, 9.17) is 10.2 Å². The number of furan rings is 1. The van der Waals surface area contributed by atoms with E-state index in [9.17, 15) is 0 Å². The van der Waals surface area contributed by atoms with Gasteiger partial charge in [-0.3, -0.25) is 4.98 Å². The lowest BCUT2D eigenvalue weighted by molar-refractivity contribution is 0.494. The minimum absolute atomic E-state index is 0.130. The van der Waals surface area contributed by atoms with Crippen LogP contribution in [0.15, 0.2) is 53.2 Å². The summed E-state index contributed by atoms with van der Waals surface area (Å²) in [6.07, 6.45) is 4.31. The summed E-state index contributed by atoms with van der Waals surface area (Å²) in [5.74, 6) is 0.831. The first-order valence-electron chi connectivity index (χ1n) is 6.37. The van der Waals surface area contributed by atoms with Gasteiger partial charge in [-0.1, -0.05) is 11.6 Å². The van der Waals surface area contributed by atoms with Gasteiger partial charge in [0.1, 0.15) is 11.3 Å². The van der Waals surface area contributed by atoms with Crippen LogP contribution in [0.2, 0.25) is 0 Å². The summed E-state index contributed by atoms with van der Waals surface area (Å²) < 4.78 is 5.82. The molecule has 0 amide bonds. The molecule has 96 valence electrons. The van der Waals surface area contributed by atoms with Crippen molar-refractivity contribution in [2.24, 2.45) is 5.73 Å². The van der Waals surface area contributed by atoms with E-state index in [1.807, 2.05) is 30.3 Å². The van der Waals surface area contributed by atoms with Gasteiger partial charge in [-0.15, -0.1) is 0 Å². The fourth-order valence-corrected chi connectivity index (χ4v) is 2.24. The summed E-state index contributed by atoms with van der Waals surface area (Å²) >= 11 is 0. The number of benzene rings is 1. The molecule has 2 N–H and O–H groups in total. The molecule has 0 aliphatic rings. The molecule has 1 atom stereocenters. The molecule has 0 aliphatic carbocycles. The molecule has 0 fully saturated rings. The average molecular weight is 252 g/mol. The van der Waals surface area contributed by atoms with Gasteiger partial charge in [0.15, 0.2) is 0 Å². The highest BCUT2D eigenvalue weighted by Gasteiger charge is 2.12. The molecular weight excluding hydrogens is 236 g/mol. The first-order valence-corrected chi connectivity index (χ1v) is 6.37. The lowest BCUT2D eigenvalue weighted by Gasteiger charge is -2.07. The van der Waals surface area contributed by atoms with Crippen LogP contribution >= 0.6 is 0 Å². The Kier molecular flexibility index (Phi) is 3.05. The Hall–Kier alpha value is -2.13. The molecule has 0 aliphatic heterocycles. The molecule has 0 saturated heterocycles. The minimum Gasteiger partial charge on any atom is -0.459 e. The molecule has 3 nitrogen and oxygen atoms in total. The van der Waals surface area contributed by atoms with E-state index in [1.54, 1.807) is 12.4 Å². The second-order valence-corrected chi connectivity index (χ2v) is 4.86. The summed E-state index contributed by atoms with van der Waals surface area (Å²) in [6, 6.07) is 12.0. The molecule has 19 heavy (non-hydrogen) atoms. The molecule has 1 aromatic carbocycles. The van der Waals surface area contributed by atoms with Crippen molar-refractivity contribution in [2.75, 3.05) is 0 Å². The van der Waals surface area contributed by atoms with Crippen LogP contribution in [0.1, 0.15) is 22.9 Å². The monoisotopic (exact) mass is 252 g/mol. The number of hydrogen-bond acceptors (Lipinski definition) is 3. The van der Waals surface area contributed by atoms with Gasteiger partial charge in [0, 0.05) is 17.8 Å². The maximum absolute atomic E-state index is 6.21. The summed E-state index contributed by atoms with van der Waals surface area (Å²) in [5.41, 5.74) is 9.50. The summed E-state index contributed by atoms with van der Waals surface area (Å²) in [4.78, 5) is 4.01. The third-order valence-electron chi connectivity index (χ3n) is 3.26. The average Bonchev–Trinajstić information content (AvgIpc) is 2.83. The van der Waals surface area contributed by atoms with Crippen LogP contribution in [0.25, 0.3) is 11.0 Å². The quantitative estimate of drug-likeness (QED) is 0.777. The fourth-order valence-electron chi connectivity index (χ4n) is 2.24. The zero-order valence-corrected chi connectivity index (χ0v) is 10.8. The summed E-state index contributed by atoms with van der Waals surface area (Å²) in [5, 5.41) is 1.11. The molecule has 1 unspecified atom stereocenters. The maximum Gasteiger partial charge on any atom is 0.134 e. The first kappa shape index (κ1) is 11.9. The Labute approximate surface area is 112 Å². The third-order valence-corrected chi connectivity index (χ3v) is 3.26. The number of nitrogens with two attached hydrogens (primary N) is 1. The number of pyridine rings is 1. The van der Waals surface area contributed by atoms with E-state index >= 15 is 0 Å². The number of aryl methyl sites for hydroxylation is 1. The Morgan fingerprint density at radius 1 is 1.16 bits per heavy atom. The van der Waals surface area contributed by atoms with E-state index in [0.29, 0.717) is 0 Å². The Morgan fingerprint density at radius 2 is 1.95 bits per heavy atom. The predicted octanol–water partition coefficient (Wildman–Crippen LogP) is 3.38. The van der Waals surface area contributed by atoms with E-state index in [1.165, 1.54) is 11.1 Å². The van der Waals surface area contributed by atoms with Crippen LogP contribution in [0.4, 0.5) is 0 Å². The first-order chi connectivity index (χ1) is 9.22. The van der Waals surface area contributed by atoms with E-state index < -0.39 is 0 Å². The zero-order chi connectivity index (χ0) is 13.2. The van der Waals surface area contributed by atoms with Gasteiger partial charge in [-0.05, 0) is 49.2 Å². The van der Waals surface area contributed by atoms with Crippen molar-refractivity contribution < 1.29 is 4.42 Å². The predicted molar refractivity (Wildman–Crippen MR) is 75.8 cm³/mol. The molecule has 3 rings (SSSR count). The van der Waals surface area contributed by atoms with Crippen LogP contribution in [0.5, 0.6) is 0 Å². The molecule has 0 bridgehead atoms.